The molecule has 0 atom stereocenters. The van der Waals surface area contributed by atoms with Crippen LogP contribution in [0.3, 0.4) is 0 Å². The zero-order valence-corrected chi connectivity index (χ0v) is 13.3. The van der Waals surface area contributed by atoms with Gasteiger partial charge in [0, 0.05) is 24.7 Å². The minimum absolute atomic E-state index is 0.567. The molecular formula is C19H23N3. The van der Waals surface area contributed by atoms with Gasteiger partial charge in [0.1, 0.15) is 5.65 Å². The van der Waals surface area contributed by atoms with Crippen molar-refractivity contribution in [2.45, 2.75) is 32.6 Å². The first-order valence-corrected chi connectivity index (χ1v) is 7.92. The van der Waals surface area contributed by atoms with Crippen molar-refractivity contribution in [1.82, 2.24) is 9.38 Å². The van der Waals surface area contributed by atoms with Crippen molar-refractivity contribution in [2.75, 3.05) is 6.54 Å². The monoisotopic (exact) mass is 293 g/mol. The van der Waals surface area contributed by atoms with Crippen LogP contribution < -0.4 is 5.73 Å². The van der Waals surface area contributed by atoms with Crippen LogP contribution in [0.1, 0.15) is 42.3 Å². The second-order valence-electron chi connectivity index (χ2n) is 6.05. The Bertz CT molecular complexity index is 754. The van der Waals surface area contributed by atoms with Crippen LogP contribution >= 0.6 is 0 Å². The SMILES string of the molecule is CC(C)c1ccc(Cc2nc3ccccn3c2CCN)cc1. The lowest BCUT2D eigenvalue weighted by Gasteiger charge is -2.07. The van der Waals surface area contributed by atoms with Crippen molar-refractivity contribution in [1.29, 1.82) is 0 Å². The standard InChI is InChI=1S/C19H23N3/c1-14(2)16-8-6-15(7-9-16)13-17-18(10-11-20)22-12-4-3-5-19(22)21-17/h3-9,12,14H,10-11,13,20H2,1-2H3. The summed E-state index contributed by atoms with van der Waals surface area (Å²) in [5, 5.41) is 0. The van der Waals surface area contributed by atoms with E-state index in [4.69, 9.17) is 10.7 Å². The van der Waals surface area contributed by atoms with Gasteiger partial charge < -0.3 is 10.1 Å². The van der Waals surface area contributed by atoms with E-state index in [1.165, 1.54) is 16.8 Å². The van der Waals surface area contributed by atoms with Crippen LogP contribution in [-0.4, -0.2) is 15.9 Å². The molecule has 0 aliphatic rings. The fraction of sp³-hybridized carbons (Fsp3) is 0.316. The number of nitrogens with zero attached hydrogens (tertiary/aromatic N) is 2. The van der Waals surface area contributed by atoms with E-state index < -0.39 is 0 Å². The third kappa shape index (κ3) is 2.90. The molecule has 3 rings (SSSR count). The molecule has 2 aromatic heterocycles. The van der Waals surface area contributed by atoms with Gasteiger partial charge in [-0.1, -0.05) is 44.2 Å². The molecule has 1 aromatic carbocycles. The van der Waals surface area contributed by atoms with Crippen molar-refractivity contribution in [2.24, 2.45) is 5.73 Å². The van der Waals surface area contributed by atoms with Crippen LogP contribution in [-0.2, 0) is 12.8 Å². The number of nitrogens with two attached hydrogens (primary N) is 1. The molecule has 0 saturated carbocycles. The number of imidazole rings is 1. The summed E-state index contributed by atoms with van der Waals surface area (Å²) in [5.74, 6) is 0.567. The van der Waals surface area contributed by atoms with Gasteiger partial charge in [0.15, 0.2) is 0 Å². The smallest absolute Gasteiger partial charge is 0.137 e. The van der Waals surface area contributed by atoms with E-state index in [0.717, 1.165) is 24.2 Å². The summed E-state index contributed by atoms with van der Waals surface area (Å²) in [7, 11) is 0. The topological polar surface area (TPSA) is 43.3 Å². The van der Waals surface area contributed by atoms with Gasteiger partial charge in [-0.15, -0.1) is 0 Å². The largest absolute Gasteiger partial charge is 0.330 e. The Hall–Kier alpha value is -2.13. The van der Waals surface area contributed by atoms with Crippen molar-refractivity contribution in [3.8, 4) is 0 Å². The van der Waals surface area contributed by atoms with E-state index in [9.17, 15) is 0 Å². The number of rotatable bonds is 5. The Morgan fingerprint density at radius 3 is 2.55 bits per heavy atom. The highest BCUT2D eigenvalue weighted by Gasteiger charge is 2.11. The first-order chi connectivity index (χ1) is 10.7. The van der Waals surface area contributed by atoms with E-state index in [-0.39, 0.29) is 0 Å². The summed E-state index contributed by atoms with van der Waals surface area (Å²) in [6.45, 7) is 5.08. The van der Waals surface area contributed by atoms with Gasteiger partial charge in [0.25, 0.3) is 0 Å². The third-order valence-electron chi connectivity index (χ3n) is 4.11. The van der Waals surface area contributed by atoms with Crippen LogP contribution in [0.4, 0.5) is 0 Å². The molecule has 3 nitrogen and oxygen atoms in total. The van der Waals surface area contributed by atoms with Crippen molar-refractivity contribution in [3.63, 3.8) is 0 Å². The lowest BCUT2D eigenvalue weighted by molar-refractivity contribution is 0.863. The van der Waals surface area contributed by atoms with Crippen molar-refractivity contribution >= 4 is 5.65 Å². The minimum Gasteiger partial charge on any atom is -0.330 e. The molecule has 114 valence electrons. The molecule has 2 heterocycles. The highest BCUT2D eigenvalue weighted by molar-refractivity contribution is 5.44. The predicted molar refractivity (Wildman–Crippen MR) is 91.3 cm³/mol. The third-order valence-corrected chi connectivity index (χ3v) is 4.11. The normalized spacial score (nSPS) is 11.5. The van der Waals surface area contributed by atoms with Gasteiger partial charge >= 0.3 is 0 Å². The quantitative estimate of drug-likeness (QED) is 0.782. The van der Waals surface area contributed by atoms with Gasteiger partial charge in [0.05, 0.1) is 5.69 Å². The van der Waals surface area contributed by atoms with Crippen LogP contribution in [0.15, 0.2) is 48.7 Å². The van der Waals surface area contributed by atoms with E-state index >= 15 is 0 Å². The molecule has 0 aliphatic carbocycles. The van der Waals surface area contributed by atoms with Crippen LogP contribution in [0.5, 0.6) is 0 Å². The summed E-state index contributed by atoms with van der Waals surface area (Å²) in [6.07, 6.45) is 3.78. The molecule has 0 spiro atoms. The summed E-state index contributed by atoms with van der Waals surface area (Å²) in [6, 6.07) is 15.0. The van der Waals surface area contributed by atoms with Gasteiger partial charge in [-0.3, -0.25) is 0 Å². The number of hydrogen-bond donors (Lipinski definition) is 1. The highest BCUT2D eigenvalue weighted by atomic mass is 15.0. The maximum absolute atomic E-state index is 5.79. The lowest BCUT2D eigenvalue weighted by Crippen LogP contribution is -2.07. The van der Waals surface area contributed by atoms with E-state index in [0.29, 0.717) is 12.5 Å². The Morgan fingerprint density at radius 2 is 1.86 bits per heavy atom. The average Bonchev–Trinajstić information content (AvgIpc) is 2.86. The zero-order chi connectivity index (χ0) is 15.5. The molecule has 0 bridgehead atoms. The van der Waals surface area contributed by atoms with Gasteiger partial charge in [-0.25, -0.2) is 4.98 Å². The van der Waals surface area contributed by atoms with Crippen LogP contribution in [0.2, 0.25) is 0 Å². The Morgan fingerprint density at radius 1 is 1.09 bits per heavy atom. The molecule has 2 N–H and O–H groups in total. The second kappa shape index (κ2) is 6.32. The Kier molecular flexibility index (Phi) is 4.25. The molecule has 3 aromatic rings. The van der Waals surface area contributed by atoms with Crippen LogP contribution in [0, 0.1) is 0 Å². The maximum atomic E-state index is 5.79. The fourth-order valence-corrected chi connectivity index (χ4v) is 2.85. The summed E-state index contributed by atoms with van der Waals surface area (Å²) in [4.78, 5) is 4.79. The van der Waals surface area contributed by atoms with Gasteiger partial charge in [-0.2, -0.15) is 0 Å². The molecule has 22 heavy (non-hydrogen) atoms. The van der Waals surface area contributed by atoms with E-state index in [1.54, 1.807) is 0 Å². The zero-order valence-electron chi connectivity index (χ0n) is 13.3. The molecule has 0 amide bonds. The molecule has 0 unspecified atom stereocenters. The van der Waals surface area contributed by atoms with Crippen molar-refractivity contribution in [3.05, 3.63) is 71.2 Å². The maximum Gasteiger partial charge on any atom is 0.137 e. The first kappa shape index (κ1) is 14.8. The number of aromatic nitrogens is 2. The molecule has 0 aliphatic heterocycles. The first-order valence-electron chi connectivity index (χ1n) is 7.92. The summed E-state index contributed by atoms with van der Waals surface area (Å²) < 4.78 is 2.16. The molecular weight excluding hydrogens is 270 g/mol. The van der Waals surface area contributed by atoms with E-state index in [1.807, 2.05) is 18.2 Å². The molecule has 3 heteroatoms. The fourth-order valence-electron chi connectivity index (χ4n) is 2.85. The number of fused-ring (bicyclic) bond motifs is 1. The predicted octanol–water partition coefficient (Wildman–Crippen LogP) is 3.55. The number of pyridine rings is 1. The highest BCUT2D eigenvalue weighted by Crippen LogP contribution is 2.19. The van der Waals surface area contributed by atoms with Gasteiger partial charge in [0.2, 0.25) is 0 Å². The summed E-state index contributed by atoms with van der Waals surface area (Å²) in [5.41, 5.74) is 11.8. The number of benzene rings is 1. The Balaban J connectivity index is 1.94. The number of hydrogen-bond acceptors (Lipinski definition) is 2. The average molecular weight is 293 g/mol. The van der Waals surface area contributed by atoms with Crippen molar-refractivity contribution < 1.29 is 0 Å². The van der Waals surface area contributed by atoms with E-state index in [2.05, 4.69) is 48.7 Å². The lowest BCUT2D eigenvalue weighted by atomic mass is 10.00. The van der Waals surface area contributed by atoms with Crippen LogP contribution in [0.25, 0.3) is 5.65 Å². The Labute approximate surface area is 131 Å². The molecule has 0 radical (unpaired) electrons. The minimum atomic E-state index is 0.567. The molecule has 0 fully saturated rings. The second-order valence-corrected chi connectivity index (χ2v) is 6.05. The summed E-state index contributed by atoms with van der Waals surface area (Å²) >= 11 is 0. The molecule has 0 saturated heterocycles. The van der Waals surface area contributed by atoms with Gasteiger partial charge in [-0.05, 0) is 35.7 Å².